The maximum absolute atomic E-state index is 2.73. The van der Waals surface area contributed by atoms with Crippen LogP contribution in [0.2, 0.25) is 5.32 Å². The quantitative estimate of drug-likeness (QED) is 0.730. The zero-order chi connectivity index (χ0) is 11.9. The monoisotopic (exact) mass is 297 g/mol. The summed E-state index contributed by atoms with van der Waals surface area (Å²) in [6.45, 7) is 4.96. The Kier molecular flexibility index (Phi) is 5.57. The Bertz CT molecular complexity index is 312. The predicted octanol–water partition coefficient (Wildman–Crippen LogP) is 2.70. The molecule has 0 radical (unpaired) electrons. The number of unbranched alkanes of at least 4 members (excludes halogenated alkanes) is 1. The van der Waals surface area contributed by atoms with Crippen LogP contribution in [-0.4, -0.2) is 39.0 Å². The standard InChI is InChI=1S/C15H23NSe/c1-2-3-11-16-12-7-8-14(16)13-17-15-9-5-4-6-10-15/h4-6,9-10,14H,2-3,7-8,11-13H2,1H3. The van der Waals surface area contributed by atoms with Crippen LogP contribution in [0.1, 0.15) is 32.6 Å². The van der Waals surface area contributed by atoms with Crippen LogP contribution in [0.4, 0.5) is 0 Å². The molecule has 2 rings (SSSR count). The summed E-state index contributed by atoms with van der Waals surface area (Å²) in [5.74, 6) is 0. The Morgan fingerprint density at radius 3 is 2.88 bits per heavy atom. The number of hydrogen-bond donors (Lipinski definition) is 0. The zero-order valence-corrected chi connectivity index (χ0v) is 12.5. The van der Waals surface area contributed by atoms with Crippen molar-refractivity contribution >= 4 is 19.4 Å². The molecule has 17 heavy (non-hydrogen) atoms. The first-order chi connectivity index (χ1) is 8.40. The molecule has 1 aromatic carbocycles. The van der Waals surface area contributed by atoms with E-state index in [4.69, 9.17) is 0 Å². The molecule has 0 saturated carbocycles. The van der Waals surface area contributed by atoms with E-state index in [1.54, 1.807) is 4.46 Å². The minimum absolute atomic E-state index is 0.667. The van der Waals surface area contributed by atoms with Crippen molar-refractivity contribution in [2.45, 2.75) is 44.0 Å². The summed E-state index contributed by atoms with van der Waals surface area (Å²) in [5, 5.41) is 1.40. The van der Waals surface area contributed by atoms with E-state index in [0.29, 0.717) is 15.0 Å². The van der Waals surface area contributed by atoms with Gasteiger partial charge in [-0.25, -0.2) is 0 Å². The van der Waals surface area contributed by atoms with E-state index >= 15 is 0 Å². The molecule has 0 spiro atoms. The van der Waals surface area contributed by atoms with E-state index in [1.807, 2.05) is 0 Å². The van der Waals surface area contributed by atoms with Crippen molar-refractivity contribution in [1.82, 2.24) is 4.90 Å². The average Bonchev–Trinajstić information content (AvgIpc) is 2.82. The van der Waals surface area contributed by atoms with Crippen LogP contribution in [-0.2, 0) is 0 Å². The predicted molar refractivity (Wildman–Crippen MR) is 76.1 cm³/mol. The molecule has 1 aliphatic rings. The number of benzene rings is 1. The van der Waals surface area contributed by atoms with Gasteiger partial charge in [-0.1, -0.05) is 0 Å². The van der Waals surface area contributed by atoms with Crippen LogP contribution < -0.4 is 4.46 Å². The summed E-state index contributed by atoms with van der Waals surface area (Å²) in [6, 6.07) is 11.9. The molecule has 0 N–H and O–H groups in total. The van der Waals surface area contributed by atoms with Gasteiger partial charge in [0.25, 0.3) is 0 Å². The third kappa shape index (κ3) is 4.13. The van der Waals surface area contributed by atoms with Crippen molar-refractivity contribution in [2.24, 2.45) is 0 Å². The Hall–Kier alpha value is -0.301. The van der Waals surface area contributed by atoms with Crippen LogP contribution in [0.15, 0.2) is 30.3 Å². The van der Waals surface area contributed by atoms with Gasteiger partial charge >= 0.3 is 112 Å². The number of nitrogens with zero attached hydrogens (tertiary/aromatic N) is 1. The molecule has 0 aromatic heterocycles. The molecular weight excluding hydrogens is 273 g/mol. The minimum atomic E-state index is 0.667. The molecule has 1 unspecified atom stereocenters. The summed E-state index contributed by atoms with van der Waals surface area (Å²) < 4.78 is 1.56. The molecule has 1 nitrogen and oxygen atoms in total. The van der Waals surface area contributed by atoms with Gasteiger partial charge in [-0.15, -0.1) is 0 Å². The van der Waals surface area contributed by atoms with E-state index < -0.39 is 0 Å². The fourth-order valence-corrected chi connectivity index (χ4v) is 4.78. The molecule has 1 aromatic rings. The summed E-state index contributed by atoms with van der Waals surface area (Å²) in [4.78, 5) is 2.73. The van der Waals surface area contributed by atoms with Crippen molar-refractivity contribution in [3.63, 3.8) is 0 Å². The van der Waals surface area contributed by atoms with Crippen LogP contribution in [0.3, 0.4) is 0 Å². The van der Waals surface area contributed by atoms with Crippen LogP contribution in [0.5, 0.6) is 0 Å². The fourth-order valence-electron chi connectivity index (χ4n) is 2.45. The van der Waals surface area contributed by atoms with Gasteiger partial charge in [0.2, 0.25) is 0 Å². The van der Waals surface area contributed by atoms with E-state index in [0.717, 1.165) is 6.04 Å². The van der Waals surface area contributed by atoms with Gasteiger partial charge in [0, 0.05) is 0 Å². The van der Waals surface area contributed by atoms with E-state index in [-0.39, 0.29) is 0 Å². The van der Waals surface area contributed by atoms with Gasteiger partial charge in [-0.05, 0) is 0 Å². The van der Waals surface area contributed by atoms with Gasteiger partial charge in [0.05, 0.1) is 0 Å². The van der Waals surface area contributed by atoms with Crippen molar-refractivity contribution in [3.05, 3.63) is 30.3 Å². The molecule has 1 saturated heterocycles. The second kappa shape index (κ2) is 7.20. The van der Waals surface area contributed by atoms with Crippen molar-refractivity contribution in [3.8, 4) is 0 Å². The van der Waals surface area contributed by atoms with E-state index in [2.05, 4.69) is 42.2 Å². The average molecular weight is 296 g/mol. The number of rotatable bonds is 6. The maximum atomic E-state index is 2.73. The summed E-state index contributed by atoms with van der Waals surface area (Å²) >= 11 is 0.667. The van der Waals surface area contributed by atoms with E-state index in [1.165, 1.54) is 44.1 Å². The topological polar surface area (TPSA) is 3.24 Å². The van der Waals surface area contributed by atoms with Crippen molar-refractivity contribution < 1.29 is 0 Å². The normalized spacial score (nSPS) is 20.9. The first-order valence-electron chi connectivity index (χ1n) is 6.82. The summed E-state index contributed by atoms with van der Waals surface area (Å²) in [7, 11) is 0. The van der Waals surface area contributed by atoms with Crippen LogP contribution in [0, 0.1) is 0 Å². The van der Waals surface area contributed by atoms with Crippen molar-refractivity contribution in [2.75, 3.05) is 13.1 Å². The van der Waals surface area contributed by atoms with Gasteiger partial charge in [-0.3, -0.25) is 0 Å². The second-order valence-corrected chi connectivity index (χ2v) is 7.10. The number of hydrogen-bond acceptors (Lipinski definition) is 1. The SMILES string of the molecule is CCCCN1CCCC1C[Se]c1ccccc1. The number of likely N-dealkylation sites (tertiary alicyclic amines) is 1. The van der Waals surface area contributed by atoms with E-state index in [9.17, 15) is 0 Å². The Balaban J connectivity index is 1.78. The third-order valence-corrected chi connectivity index (χ3v) is 5.91. The molecule has 1 heterocycles. The molecule has 1 atom stereocenters. The molecule has 1 fully saturated rings. The Morgan fingerprint density at radius 2 is 2.12 bits per heavy atom. The van der Waals surface area contributed by atoms with Crippen molar-refractivity contribution in [1.29, 1.82) is 0 Å². The first kappa shape index (κ1) is 13.1. The molecular formula is C15H23NSe. The van der Waals surface area contributed by atoms with Gasteiger partial charge in [-0.2, -0.15) is 0 Å². The van der Waals surface area contributed by atoms with Crippen LogP contribution >= 0.6 is 0 Å². The fraction of sp³-hybridized carbons (Fsp3) is 0.600. The van der Waals surface area contributed by atoms with Crippen LogP contribution in [0.25, 0.3) is 0 Å². The molecule has 0 bridgehead atoms. The molecule has 0 aliphatic carbocycles. The molecule has 2 heteroatoms. The molecule has 0 amide bonds. The first-order valence-corrected chi connectivity index (χ1v) is 8.89. The molecule has 94 valence electrons. The summed E-state index contributed by atoms with van der Waals surface area (Å²) in [5.41, 5.74) is 0. The Labute approximate surface area is 112 Å². The van der Waals surface area contributed by atoms with Gasteiger partial charge in [0.15, 0.2) is 0 Å². The third-order valence-electron chi connectivity index (χ3n) is 3.48. The zero-order valence-electron chi connectivity index (χ0n) is 10.8. The second-order valence-electron chi connectivity index (χ2n) is 4.81. The van der Waals surface area contributed by atoms with Gasteiger partial charge in [0.1, 0.15) is 0 Å². The van der Waals surface area contributed by atoms with Gasteiger partial charge < -0.3 is 0 Å². The Morgan fingerprint density at radius 1 is 1.29 bits per heavy atom. The summed E-state index contributed by atoms with van der Waals surface area (Å²) in [6.07, 6.45) is 5.54. The molecule has 1 aliphatic heterocycles.